The molecule has 10 nitrogen and oxygen atoms in total. The highest BCUT2D eigenvalue weighted by Gasteiger charge is 2.30. The summed E-state index contributed by atoms with van der Waals surface area (Å²) in [5, 5.41) is 6.05. The van der Waals surface area contributed by atoms with Gasteiger partial charge in [0.15, 0.2) is 17.3 Å². The third-order valence-electron chi connectivity index (χ3n) is 7.42. The lowest BCUT2D eigenvalue weighted by Gasteiger charge is -2.16. The number of carbonyl (C=O) groups is 3. The van der Waals surface area contributed by atoms with E-state index < -0.39 is 5.91 Å². The van der Waals surface area contributed by atoms with Gasteiger partial charge in [0.1, 0.15) is 0 Å². The molecular formula is C30H28N6O4. The number of amides is 3. The van der Waals surface area contributed by atoms with Crippen LogP contribution in [0.25, 0.3) is 11.3 Å². The summed E-state index contributed by atoms with van der Waals surface area (Å²) in [5.74, 6) is -0.614. The largest absolute Gasteiger partial charge is 0.459 e. The Balaban J connectivity index is 1.14. The van der Waals surface area contributed by atoms with Gasteiger partial charge in [-0.1, -0.05) is 36.4 Å². The first-order valence-electron chi connectivity index (χ1n) is 13.2. The van der Waals surface area contributed by atoms with Crippen molar-refractivity contribution in [2.24, 2.45) is 0 Å². The third-order valence-corrected chi connectivity index (χ3v) is 7.42. The molecule has 1 saturated heterocycles. The van der Waals surface area contributed by atoms with E-state index in [4.69, 9.17) is 10.2 Å². The van der Waals surface area contributed by atoms with Crippen LogP contribution in [0.1, 0.15) is 61.4 Å². The first kappa shape index (κ1) is 25.3. The normalized spacial score (nSPS) is 17.9. The lowest BCUT2D eigenvalue weighted by atomic mass is 10.1. The van der Waals surface area contributed by atoms with Crippen molar-refractivity contribution < 1.29 is 18.8 Å². The van der Waals surface area contributed by atoms with Crippen molar-refractivity contribution in [3.63, 3.8) is 0 Å². The summed E-state index contributed by atoms with van der Waals surface area (Å²) in [4.78, 5) is 49.0. The quantitative estimate of drug-likeness (QED) is 0.343. The summed E-state index contributed by atoms with van der Waals surface area (Å²) < 4.78 is 5.20. The van der Waals surface area contributed by atoms with Crippen molar-refractivity contribution >= 4 is 23.5 Å². The second kappa shape index (κ2) is 10.6. The predicted molar refractivity (Wildman–Crippen MR) is 147 cm³/mol. The molecule has 0 bridgehead atoms. The number of hydrogen-bond donors (Lipinski definition) is 3. The van der Waals surface area contributed by atoms with Crippen molar-refractivity contribution in [3.05, 3.63) is 101 Å². The molecule has 3 amide bonds. The highest BCUT2D eigenvalue weighted by atomic mass is 16.3. The fourth-order valence-electron chi connectivity index (χ4n) is 5.35. The van der Waals surface area contributed by atoms with Crippen molar-refractivity contribution in [2.75, 3.05) is 18.8 Å². The molecule has 1 aliphatic heterocycles. The van der Waals surface area contributed by atoms with Crippen molar-refractivity contribution in [2.45, 2.75) is 31.3 Å². The number of likely N-dealkylation sites (tertiary alicyclic amines) is 1. The number of nitrogen functional groups attached to an aromatic ring is 1. The smallest absolute Gasteiger partial charge is 0.289 e. The molecule has 202 valence electrons. The SMILES string of the molecule is Nc1ncc(-c2cccc(C(=O)N[C@H]3CCc4ccccc43)c2)nc1C(=O)N[C@H]1CCN(C(=O)c2ccco2)C1. The summed E-state index contributed by atoms with van der Waals surface area (Å²) in [6.45, 7) is 0.841. The Morgan fingerprint density at radius 2 is 1.85 bits per heavy atom. The number of nitrogens with zero attached hydrogens (tertiary/aromatic N) is 3. The molecule has 0 spiro atoms. The Morgan fingerprint density at radius 1 is 0.975 bits per heavy atom. The van der Waals surface area contributed by atoms with E-state index in [1.165, 1.54) is 18.0 Å². The van der Waals surface area contributed by atoms with Crippen LogP contribution in [0.15, 0.2) is 77.5 Å². The van der Waals surface area contributed by atoms with E-state index in [1.54, 1.807) is 41.3 Å². The number of anilines is 1. The van der Waals surface area contributed by atoms with Crippen LogP contribution < -0.4 is 16.4 Å². The number of hydrogen-bond acceptors (Lipinski definition) is 7. The molecule has 2 aliphatic rings. The van der Waals surface area contributed by atoms with Gasteiger partial charge in [0.25, 0.3) is 17.7 Å². The lowest BCUT2D eigenvalue weighted by Crippen LogP contribution is -2.39. The van der Waals surface area contributed by atoms with Gasteiger partial charge < -0.3 is 25.7 Å². The first-order valence-corrected chi connectivity index (χ1v) is 13.2. The number of nitrogens with two attached hydrogens (primary N) is 1. The molecule has 0 unspecified atom stereocenters. The minimum atomic E-state index is -0.474. The van der Waals surface area contributed by atoms with Crippen LogP contribution in [0.4, 0.5) is 5.82 Å². The van der Waals surface area contributed by atoms with Crippen LogP contribution >= 0.6 is 0 Å². The van der Waals surface area contributed by atoms with Crippen molar-refractivity contribution in [1.29, 1.82) is 0 Å². The Kier molecular flexibility index (Phi) is 6.73. The van der Waals surface area contributed by atoms with E-state index in [2.05, 4.69) is 32.7 Å². The van der Waals surface area contributed by atoms with Gasteiger partial charge in [-0.2, -0.15) is 0 Å². The van der Waals surface area contributed by atoms with Crippen LogP contribution in [0.5, 0.6) is 0 Å². The fraction of sp³-hybridized carbons (Fsp3) is 0.233. The lowest BCUT2D eigenvalue weighted by molar-refractivity contribution is 0.0752. The van der Waals surface area contributed by atoms with Gasteiger partial charge in [0.05, 0.1) is 24.2 Å². The van der Waals surface area contributed by atoms with Gasteiger partial charge in [0.2, 0.25) is 0 Å². The molecule has 1 aliphatic carbocycles. The number of fused-ring (bicyclic) bond motifs is 1. The number of aromatic nitrogens is 2. The fourth-order valence-corrected chi connectivity index (χ4v) is 5.35. The van der Waals surface area contributed by atoms with Gasteiger partial charge in [-0.05, 0) is 54.7 Å². The Hall–Kier alpha value is -4.99. The molecule has 4 N–H and O–H groups in total. The monoisotopic (exact) mass is 536 g/mol. The minimum absolute atomic E-state index is 0.00318. The number of nitrogens with one attached hydrogen (secondary N) is 2. The molecule has 2 aromatic carbocycles. The number of furan rings is 1. The van der Waals surface area contributed by atoms with E-state index in [0.29, 0.717) is 36.3 Å². The second-order valence-electron chi connectivity index (χ2n) is 10.0. The van der Waals surface area contributed by atoms with E-state index in [-0.39, 0.29) is 41.2 Å². The molecule has 0 radical (unpaired) electrons. The summed E-state index contributed by atoms with van der Waals surface area (Å²) in [6, 6.07) is 18.2. The van der Waals surface area contributed by atoms with Gasteiger partial charge in [-0.3, -0.25) is 14.4 Å². The van der Waals surface area contributed by atoms with Crippen LogP contribution in [0.3, 0.4) is 0 Å². The molecular weight excluding hydrogens is 508 g/mol. The molecule has 2 aromatic heterocycles. The van der Waals surface area contributed by atoms with E-state index in [1.807, 2.05) is 12.1 Å². The zero-order valence-electron chi connectivity index (χ0n) is 21.7. The summed E-state index contributed by atoms with van der Waals surface area (Å²) in [6.07, 6.45) is 5.33. The zero-order valence-corrected chi connectivity index (χ0v) is 21.7. The van der Waals surface area contributed by atoms with Gasteiger partial charge in [0, 0.05) is 30.3 Å². The van der Waals surface area contributed by atoms with Crippen LogP contribution in [0, 0.1) is 0 Å². The average Bonchev–Trinajstić information content (AvgIpc) is 3.75. The average molecular weight is 537 g/mol. The van der Waals surface area contributed by atoms with E-state index >= 15 is 0 Å². The molecule has 2 atom stereocenters. The Morgan fingerprint density at radius 3 is 2.70 bits per heavy atom. The third kappa shape index (κ3) is 5.03. The number of carbonyl (C=O) groups excluding carboxylic acids is 3. The minimum Gasteiger partial charge on any atom is -0.459 e. The molecule has 1 fully saturated rings. The maximum absolute atomic E-state index is 13.1. The summed E-state index contributed by atoms with van der Waals surface area (Å²) in [5.41, 5.74) is 9.96. The van der Waals surface area contributed by atoms with Crippen LogP contribution in [-0.2, 0) is 6.42 Å². The van der Waals surface area contributed by atoms with E-state index in [0.717, 1.165) is 18.4 Å². The summed E-state index contributed by atoms with van der Waals surface area (Å²) in [7, 11) is 0. The second-order valence-corrected chi connectivity index (χ2v) is 10.0. The van der Waals surface area contributed by atoms with Crippen LogP contribution in [-0.4, -0.2) is 51.7 Å². The number of aryl methyl sites for hydroxylation is 1. The van der Waals surface area contributed by atoms with Gasteiger partial charge >= 0.3 is 0 Å². The van der Waals surface area contributed by atoms with Gasteiger partial charge in [-0.15, -0.1) is 0 Å². The van der Waals surface area contributed by atoms with Crippen molar-refractivity contribution in [3.8, 4) is 11.3 Å². The topological polar surface area (TPSA) is 143 Å². The van der Waals surface area contributed by atoms with Gasteiger partial charge in [-0.25, -0.2) is 9.97 Å². The molecule has 40 heavy (non-hydrogen) atoms. The number of benzene rings is 2. The standard InChI is InChI=1S/C30H28N6O4/c31-27-26(29(38)33-21-12-13-36(17-21)30(39)25-9-4-14-40-25)34-24(16-32-27)19-6-3-7-20(15-19)28(37)35-23-11-10-18-5-1-2-8-22(18)23/h1-9,14-16,21,23H,10-13,17H2,(H2,31,32)(H,33,38)(H,35,37)/t21-,23-/m0/s1. The maximum Gasteiger partial charge on any atom is 0.289 e. The zero-order chi connectivity index (χ0) is 27.6. The van der Waals surface area contributed by atoms with E-state index in [9.17, 15) is 14.4 Å². The van der Waals surface area contributed by atoms with Crippen molar-refractivity contribution in [1.82, 2.24) is 25.5 Å². The maximum atomic E-state index is 13.1. The van der Waals surface area contributed by atoms with Crippen LogP contribution in [0.2, 0.25) is 0 Å². The molecule has 4 aromatic rings. The predicted octanol–water partition coefficient (Wildman–Crippen LogP) is 3.38. The first-order chi connectivity index (χ1) is 19.5. The molecule has 3 heterocycles. The highest BCUT2D eigenvalue weighted by Crippen LogP contribution is 2.31. The Bertz CT molecular complexity index is 1580. The molecule has 0 saturated carbocycles. The molecule has 10 heteroatoms. The Labute approximate surface area is 230 Å². The summed E-state index contributed by atoms with van der Waals surface area (Å²) >= 11 is 0. The highest BCUT2D eigenvalue weighted by molar-refractivity contribution is 5.98. The number of rotatable bonds is 6. The molecule has 6 rings (SSSR count).